The van der Waals surface area contributed by atoms with Crippen molar-refractivity contribution in [1.82, 2.24) is 4.98 Å². The molecule has 0 unspecified atom stereocenters. The highest BCUT2D eigenvalue weighted by Crippen LogP contribution is 2.28. The Kier molecular flexibility index (Phi) is 3.85. The van der Waals surface area contributed by atoms with Crippen LogP contribution >= 0.6 is 27.5 Å². The lowest BCUT2D eigenvalue weighted by atomic mass is 10.1. The van der Waals surface area contributed by atoms with Crippen molar-refractivity contribution in [2.45, 2.75) is 6.92 Å². The second kappa shape index (κ2) is 5.38. The van der Waals surface area contributed by atoms with E-state index in [2.05, 4.69) is 32.3 Å². The molecule has 0 aliphatic rings. The summed E-state index contributed by atoms with van der Waals surface area (Å²) in [6.45, 7) is 1.89. The van der Waals surface area contributed by atoms with Gasteiger partial charge >= 0.3 is 0 Å². The van der Waals surface area contributed by atoms with Gasteiger partial charge in [-0.25, -0.2) is 4.98 Å². The van der Waals surface area contributed by atoms with Gasteiger partial charge in [0, 0.05) is 10.7 Å². The lowest BCUT2D eigenvalue weighted by molar-refractivity contribution is 1.28. The Balaban J connectivity index is 2.41. The van der Waals surface area contributed by atoms with Gasteiger partial charge in [-0.05, 0) is 40.5 Å². The minimum Gasteiger partial charge on any atom is -0.338 e. The quantitative estimate of drug-likeness (QED) is 0.890. The first-order valence-electron chi connectivity index (χ1n) is 5.19. The molecule has 1 aromatic carbocycles. The lowest BCUT2D eigenvalue weighted by Gasteiger charge is -2.10. The van der Waals surface area contributed by atoms with E-state index < -0.39 is 0 Å². The summed E-state index contributed by atoms with van der Waals surface area (Å²) >= 11 is 9.37. The molecule has 1 heterocycles. The molecule has 0 radical (unpaired) electrons. The number of aromatic nitrogens is 1. The number of nitriles is 1. The van der Waals surface area contributed by atoms with E-state index in [1.54, 1.807) is 12.3 Å². The summed E-state index contributed by atoms with van der Waals surface area (Å²) in [6, 6.07) is 9.52. The molecular weight excluding hydrogens is 314 g/mol. The van der Waals surface area contributed by atoms with Gasteiger partial charge in [-0.2, -0.15) is 5.26 Å². The normalized spacial score (nSPS) is 9.89. The summed E-state index contributed by atoms with van der Waals surface area (Å²) in [5, 5.41) is 12.7. The molecule has 1 aromatic heterocycles. The molecule has 0 saturated carbocycles. The first-order chi connectivity index (χ1) is 8.61. The fourth-order valence-electron chi connectivity index (χ4n) is 1.55. The summed E-state index contributed by atoms with van der Waals surface area (Å²) in [7, 11) is 0. The second-order valence-electron chi connectivity index (χ2n) is 3.72. The molecule has 0 fully saturated rings. The zero-order chi connectivity index (χ0) is 13.1. The van der Waals surface area contributed by atoms with Crippen molar-refractivity contribution < 1.29 is 0 Å². The fourth-order valence-corrected chi connectivity index (χ4v) is 2.23. The number of halogens is 2. The maximum atomic E-state index is 9.14. The summed E-state index contributed by atoms with van der Waals surface area (Å²) in [5.74, 6) is 0.530. The Labute approximate surface area is 119 Å². The summed E-state index contributed by atoms with van der Waals surface area (Å²) < 4.78 is 0.808. The third-order valence-corrected chi connectivity index (χ3v) is 3.17. The van der Waals surface area contributed by atoms with Gasteiger partial charge in [-0.15, -0.1) is 0 Å². The van der Waals surface area contributed by atoms with Crippen molar-refractivity contribution in [3.63, 3.8) is 0 Å². The van der Waals surface area contributed by atoms with Gasteiger partial charge in [0.2, 0.25) is 0 Å². The molecule has 0 atom stereocenters. The molecule has 0 aliphatic carbocycles. The SMILES string of the molecule is Cc1cccc(Nc2ncc(Br)cc2Cl)c1C#N. The van der Waals surface area contributed by atoms with Crippen molar-refractivity contribution in [3.8, 4) is 6.07 Å². The van der Waals surface area contributed by atoms with Crippen LogP contribution in [0, 0.1) is 18.3 Å². The number of anilines is 2. The van der Waals surface area contributed by atoms with Crippen molar-refractivity contribution in [3.05, 3.63) is 51.1 Å². The van der Waals surface area contributed by atoms with Gasteiger partial charge in [0.1, 0.15) is 11.9 Å². The second-order valence-corrected chi connectivity index (χ2v) is 5.04. The third kappa shape index (κ3) is 2.63. The number of rotatable bonds is 2. The first kappa shape index (κ1) is 12.9. The Morgan fingerprint density at radius 3 is 2.89 bits per heavy atom. The minimum absolute atomic E-state index is 0.495. The van der Waals surface area contributed by atoms with E-state index in [1.165, 1.54) is 0 Å². The van der Waals surface area contributed by atoms with Gasteiger partial charge < -0.3 is 5.32 Å². The number of benzene rings is 1. The molecule has 0 saturated heterocycles. The standard InChI is InChI=1S/C13H9BrClN3/c1-8-3-2-4-12(10(8)6-16)18-13-11(15)5-9(14)7-17-13/h2-5,7H,1H3,(H,17,18). The molecule has 0 spiro atoms. The highest BCUT2D eigenvalue weighted by atomic mass is 79.9. The highest BCUT2D eigenvalue weighted by Gasteiger charge is 2.08. The van der Waals surface area contributed by atoms with Crippen molar-refractivity contribution in [2.75, 3.05) is 5.32 Å². The third-order valence-electron chi connectivity index (χ3n) is 2.45. The zero-order valence-electron chi connectivity index (χ0n) is 9.54. The van der Waals surface area contributed by atoms with E-state index in [0.29, 0.717) is 22.1 Å². The van der Waals surface area contributed by atoms with Gasteiger partial charge in [-0.3, -0.25) is 0 Å². The van der Waals surface area contributed by atoms with Gasteiger partial charge in [0.05, 0.1) is 16.3 Å². The van der Waals surface area contributed by atoms with Crippen LogP contribution < -0.4 is 5.32 Å². The van der Waals surface area contributed by atoms with Crippen molar-refractivity contribution in [1.29, 1.82) is 5.26 Å². The highest BCUT2D eigenvalue weighted by molar-refractivity contribution is 9.10. The molecule has 0 amide bonds. The van der Waals surface area contributed by atoms with Gasteiger partial charge in [0.25, 0.3) is 0 Å². The summed E-state index contributed by atoms with van der Waals surface area (Å²) in [4.78, 5) is 4.18. The van der Waals surface area contributed by atoms with Gasteiger partial charge in [0.15, 0.2) is 0 Å². The van der Waals surface area contributed by atoms with E-state index in [4.69, 9.17) is 16.9 Å². The molecule has 5 heteroatoms. The predicted octanol–water partition coefficient (Wildman–Crippen LogP) is 4.42. The number of aryl methyl sites for hydroxylation is 1. The molecule has 0 aliphatic heterocycles. The van der Waals surface area contributed by atoms with Crippen molar-refractivity contribution in [2.24, 2.45) is 0 Å². The van der Waals surface area contributed by atoms with Crippen LogP contribution in [0.1, 0.15) is 11.1 Å². The molecule has 1 N–H and O–H groups in total. The van der Waals surface area contributed by atoms with E-state index in [-0.39, 0.29) is 0 Å². The Hall–Kier alpha value is -1.57. The molecule has 2 rings (SSSR count). The Morgan fingerprint density at radius 2 is 2.22 bits per heavy atom. The number of nitrogens with zero attached hydrogens (tertiary/aromatic N) is 2. The van der Waals surface area contributed by atoms with Crippen LogP contribution in [-0.2, 0) is 0 Å². The first-order valence-corrected chi connectivity index (χ1v) is 6.36. The number of hydrogen-bond donors (Lipinski definition) is 1. The van der Waals surface area contributed by atoms with E-state index in [0.717, 1.165) is 10.0 Å². The number of hydrogen-bond acceptors (Lipinski definition) is 3. The van der Waals surface area contributed by atoms with Crippen molar-refractivity contribution >= 4 is 39.0 Å². The van der Waals surface area contributed by atoms with E-state index in [1.807, 2.05) is 25.1 Å². The molecule has 90 valence electrons. The molecular formula is C13H9BrClN3. The molecule has 18 heavy (non-hydrogen) atoms. The number of pyridine rings is 1. The van der Waals surface area contributed by atoms with Crippen LogP contribution in [-0.4, -0.2) is 4.98 Å². The largest absolute Gasteiger partial charge is 0.338 e. The topological polar surface area (TPSA) is 48.7 Å². The fraction of sp³-hybridized carbons (Fsp3) is 0.0769. The van der Waals surface area contributed by atoms with E-state index >= 15 is 0 Å². The maximum absolute atomic E-state index is 9.14. The van der Waals surface area contributed by atoms with Crippen LogP contribution in [0.3, 0.4) is 0 Å². The average molecular weight is 323 g/mol. The van der Waals surface area contributed by atoms with Gasteiger partial charge in [-0.1, -0.05) is 23.7 Å². The molecule has 3 nitrogen and oxygen atoms in total. The van der Waals surface area contributed by atoms with Crippen LogP contribution in [0.4, 0.5) is 11.5 Å². The minimum atomic E-state index is 0.495. The molecule has 0 bridgehead atoms. The zero-order valence-corrected chi connectivity index (χ0v) is 11.9. The maximum Gasteiger partial charge on any atom is 0.149 e. The Bertz CT molecular complexity index is 635. The van der Waals surface area contributed by atoms with Crippen LogP contribution in [0.25, 0.3) is 0 Å². The molecule has 2 aromatic rings. The Morgan fingerprint density at radius 1 is 1.44 bits per heavy atom. The van der Waals surface area contributed by atoms with E-state index in [9.17, 15) is 0 Å². The average Bonchev–Trinajstić information content (AvgIpc) is 2.33. The summed E-state index contributed by atoms with van der Waals surface area (Å²) in [6.07, 6.45) is 1.65. The smallest absolute Gasteiger partial charge is 0.149 e. The monoisotopic (exact) mass is 321 g/mol. The summed E-state index contributed by atoms with van der Waals surface area (Å²) in [5.41, 5.74) is 2.21. The lowest BCUT2D eigenvalue weighted by Crippen LogP contribution is -1.98. The number of nitrogens with one attached hydrogen (secondary N) is 1. The van der Waals surface area contributed by atoms with Crippen LogP contribution in [0.2, 0.25) is 5.02 Å². The predicted molar refractivity (Wildman–Crippen MR) is 76.1 cm³/mol. The van der Waals surface area contributed by atoms with Crippen LogP contribution in [0.15, 0.2) is 34.9 Å². The van der Waals surface area contributed by atoms with Crippen LogP contribution in [0.5, 0.6) is 0 Å².